The van der Waals surface area contributed by atoms with Crippen LogP contribution in [-0.4, -0.2) is 43.2 Å². The van der Waals surface area contributed by atoms with Crippen LogP contribution in [0.25, 0.3) is 0 Å². The fraction of sp³-hybridized carbons (Fsp3) is 1.00. The molecule has 2 atom stereocenters. The summed E-state index contributed by atoms with van der Waals surface area (Å²) in [6.07, 6.45) is 8.05. The van der Waals surface area contributed by atoms with Crippen LogP contribution in [0, 0.1) is 0 Å². The number of fused-ring (bicyclic) bond motifs is 2. The molecule has 2 saturated heterocycles. The predicted octanol–water partition coefficient (Wildman–Crippen LogP) is 0.940. The van der Waals surface area contributed by atoms with Gasteiger partial charge in [0.05, 0.1) is 0 Å². The first-order chi connectivity index (χ1) is 7.31. The predicted molar refractivity (Wildman–Crippen MR) is 63.9 cm³/mol. The standard InChI is InChI=1S/C12H25N3/c1-15-11-4-2-5-12(15)9-10(8-11)14-7-3-6-13/h10-12,14H,2-9,13H2,1H3. The van der Waals surface area contributed by atoms with Crippen LogP contribution in [0.4, 0.5) is 0 Å². The molecule has 0 radical (unpaired) electrons. The van der Waals surface area contributed by atoms with Crippen molar-refractivity contribution in [2.45, 2.75) is 56.7 Å². The Morgan fingerprint density at radius 3 is 2.53 bits per heavy atom. The molecular weight excluding hydrogens is 186 g/mol. The molecule has 0 aromatic rings. The lowest BCUT2D eigenvalue weighted by molar-refractivity contribution is 0.0487. The van der Waals surface area contributed by atoms with Gasteiger partial charge in [-0.05, 0) is 52.2 Å². The molecule has 0 aliphatic carbocycles. The van der Waals surface area contributed by atoms with E-state index in [4.69, 9.17) is 5.73 Å². The van der Waals surface area contributed by atoms with Gasteiger partial charge in [0.1, 0.15) is 0 Å². The molecule has 3 heteroatoms. The fourth-order valence-corrected chi connectivity index (χ4v) is 3.19. The highest BCUT2D eigenvalue weighted by Gasteiger charge is 2.35. The largest absolute Gasteiger partial charge is 0.330 e. The van der Waals surface area contributed by atoms with Crippen LogP contribution in [0.5, 0.6) is 0 Å². The van der Waals surface area contributed by atoms with E-state index in [9.17, 15) is 0 Å². The molecule has 0 saturated carbocycles. The number of nitrogens with zero attached hydrogens (tertiary/aromatic N) is 1. The van der Waals surface area contributed by atoms with Crippen LogP contribution in [0.3, 0.4) is 0 Å². The average Bonchev–Trinajstić information content (AvgIpc) is 2.19. The van der Waals surface area contributed by atoms with E-state index in [1.165, 1.54) is 32.1 Å². The normalized spacial score (nSPS) is 36.8. The van der Waals surface area contributed by atoms with Crippen molar-refractivity contribution in [3.63, 3.8) is 0 Å². The minimum absolute atomic E-state index is 0.753. The van der Waals surface area contributed by atoms with Gasteiger partial charge in [0.15, 0.2) is 0 Å². The molecule has 0 amide bonds. The van der Waals surface area contributed by atoms with Gasteiger partial charge < -0.3 is 16.0 Å². The number of piperidine rings is 2. The third-order valence-corrected chi connectivity index (χ3v) is 4.15. The number of hydrogen-bond donors (Lipinski definition) is 2. The Labute approximate surface area is 93.4 Å². The van der Waals surface area contributed by atoms with E-state index in [0.717, 1.165) is 37.6 Å². The average molecular weight is 211 g/mol. The summed E-state index contributed by atoms with van der Waals surface area (Å²) >= 11 is 0. The summed E-state index contributed by atoms with van der Waals surface area (Å²) in [6, 6.07) is 2.43. The summed E-state index contributed by atoms with van der Waals surface area (Å²) in [7, 11) is 2.31. The maximum absolute atomic E-state index is 5.51. The summed E-state index contributed by atoms with van der Waals surface area (Å²) in [5.74, 6) is 0. The second kappa shape index (κ2) is 5.28. The van der Waals surface area contributed by atoms with Gasteiger partial charge >= 0.3 is 0 Å². The van der Waals surface area contributed by atoms with Crippen molar-refractivity contribution in [1.82, 2.24) is 10.2 Å². The quantitative estimate of drug-likeness (QED) is 0.680. The lowest BCUT2D eigenvalue weighted by Gasteiger charge is -2.47. The zero-order valence-electron chi connectivity index (χ0n) is 9.91. The zero-order valence-corrected chi connectivity index (χ0v) is 9.91. The molecular formula is C12H25N3. The van der Waals surface area contributed by atoms with Crippen LogP contribution in [0.15, 0.2) is 0 Å². The summed E-state index contributed by atoms with van der Waals surface area (Å²) < 4.78 is 0. The van der Waals surface area contributed by atoms with E-state index in [1.807, 2.05) is 0 Å². The second-order valence-corrected chi connectivity index (χ2v) is 5.17. The lowest BCUT2D eigenvalue weighted by atomic mass is 9.82. The van der Waals surface area contributed by atoms with Crippen molar-refractivity contribution >= 4 is 0 Å². The molecule has 2 aliphatic rings. The summed E-state index contributed by atoms with van der Waals surface area (Å²) in [6.45, 7) is 1.91. The van der Waals surface area contributed by atoms with Gasteiger partial charge in [0.2, 0.25) is 0 Å². The monoisotopic (exact) mass is 211 g/mol. The van der Waals surface area contributed by atoms with Crippen LogP contribution >= 0.6 is 0 Å². The van der Waals surface area contributed by atoms with Crippen molar-refractivity contribution in [1.29, 1.82) is 0 Å². The van der Waals surface area contributed by atoms with Gasteiger partial charge in [-0.1, -0.05) is 6.42 Å². The lowest BCUT2D eigenvalue weighted by Crippen LogP contribution is -2.54. The number of nitrogens with one attached hydrogen (secondary N) is 1. The third-order valence-electron chi connectivity index (χ3n) is 4.15. The zero-order chi connectivity index (χ0) is 10.7. The van der Waals surface area contributed by atoms with Gasteiger partial charge in [-0.25, -0.2) is 0 Å². The third kappa shape index (κ3) is 2.71. The Morgan fingerprint density at radius 2 is 1.93 bits per heavy atom. The van der Waals surface area contributed by atoms with E-state index in [1.54, 1.807) is 0 Å². The molecule has 3 N–H and O–H groups in total. The number of rotatable bonds is 4. The van der Waals surface area contributed by atoms with Crippen molar-refractivity contribution < 1.29 is 0 Å². The molecule has 3 nitrogen and oxygen atoms in total. The molecule has 2 heterocycles. The van der Waals surface area contributed by atoms with Crippen molar-refractivity contribution in [3.05, 3.63) is 0 Å². The SMILES string of the molecule is CN1C2CCCC1CC(NCCCN)C2. The molecule has 2 unspecified atom stereocenters. The van der Waals surface area contributed by atoms with E-state index in [-0.39, 0.29) is 0 Å². The summed E-state index contributed by atoms with van der Waals surface area (Å²) in [4.78, 5) is 2.62. The Bertz CT molecular complexity index is 181. The van der Waals surface area contributed by atoms with Gasteiger partial charge in [-0.15, -0.1) is 0 Å². The van der Waals surface area contributed by atoms with E-state index < -0.39 is 0 Å². The molecule has 2 rings (SSSR count). The topological polar surface area (TPSA) is 41.3 Å². The highest BCUT2D eigenvalue weighted by molar-refractivity contribution is 4.93. The van der Waals surface area contributed by atoms with Gasteiger partial charge in [0.25, 0.3) is 0 Å². The van der Waals surface area contributed by atoms with Crippen molar-refractivity contribution in [3.8, 4) is 0 Å². The molecule has 88 valence electrons. The second-order valence-electron chi connectivity index (χ2n) is 5.17. The minimum Gasteiger partial charge on any atom is -0.330 e. The molecule has 2 aliphatic heterocycles. The molecule has 15 heavy (non-hydrogen) atoms. The van der Waals surface area contributed by atoms with E-state index in [2.05, 4.69) is 17.3 Å². The highest BCUT2D eigenvalue weighted by Crippen LogP contribution is 2.32. The van der Waals surface area contributed by atoms with Gasteiger partial charge in [0, 0.05) is 18.1 Å². The molecule has 0 spiro atoms. The van der Waals surface area contributed by atoms with Crippen LogP contribution < -0.4 is 11.1 Å². The first kappa shape index (κ1) is 11.4. The van der Waals surface area contributed by atoms with Gasteiger partial charge in [-0.2, -0.15) is 0 Å². The maximum Gasteiger partial charge on any atom is 0.0110 e. The molecule has 2 bridgehead atoms. The Kier molecular flexibility index (Phi) is 4.00. The minimum atomic E-state index is 0.753. The Hall–Kier alpha value is -0.120. The smallest absolute Gasteiger partial charge is 0.0110 e. The highest BCUT2D eigenvalue weighted by atomic mass is 15.2. The summed E-state index contributed by atoms with van der Waals surface area (Å²) in [5, 5.41) is 3.66. The van der Waals surface area contributed by atoms with Gasteiger partial charge in [-0.3, -0.25) is 0 Å². The van der Waals surface area contributed by atoms with Crippen LogP contribution in [0.2, 0.25) is 0 Å². The van der Waals surface area contributed by atoms with Crippen LogP contribution in [-0.2, 0) is 0 Å². The maximum atomic E-state index is 5.51. The molecule has 2 fully saturated rings. The Morgan fingerprint density at radius 1 is 1.27 bits per heavy atom. The summed E-state index contributed by atoms with van der Waals surface area (Å²) in [5.41, 5.74) is 5.51. The Balaban J connectivity index is 1.79. The van der Waals surface area contributed by atoms with E-state index >= 15 is 0 Å². The van der Waals surface area contributed by atoms with Crippen molar-refractivity contribution in [2.24, 2.45) is 5.73 Å². The number of nitrogens with two attached hydrogens (primary N) is 1. The van der Waals surface area contributed by atoms with E-state index in [0.29, 0.717) is 0 Å². The fourth-order valence-electron chi connectivity index (χ4n) is 3.19. The number of hydrogen-bond acceptors (Lipinski definition) is 3. The molecule has 0 aromatic carbocycles. The van der Waals surface area contributed by atoms with Crippen molar-refractivity contribution in [2.75, 3.05) is 20.1 Å². The molecule has 0 aromatic heterocycles. The van der Waals surface area contributed by atoms with Crippen LogP contribution in [0.1, 0.15) is 38.5 Å². The first-order valence-electron chi connectivity index (χ1n) is 6.46. The first-order valence-corrected chi connectivity index (χ1v) is 6.46.